The van der Waals surface area contributed by atoms with E-state index in [1.165, 1.54) is 5.56 Å². The van der Waals surface area contributed by atoms with E-state index in [0.717, 1.165) is 34.9 Å². The Bertz CT molecular complexity index is 832. The Kier molecular flexibility index (Phi) is 6.33. The summed E-state index contributed by atoms with van der Waals surface area (Å²) < 4.78 is 5.13. The molecule has 0 bridgehead atoms. The highest BCUT2D eigenvalue weighted by molar-refractivity contribution is 7.09. The number of aromatic nitrogens is 2. The Labute approximate surface area is 157 Å². The normalized spacial score (nSPS) is 10.5. The molecular weight excluding hydrogens is 346 g/mol. The lowest BCUT2D eigenvalue weighted by Crippen LogP contribution is -2.24. The van der Waals surface area contributed by atoms with Crippen LogP contribution in [0.15, 0.2) is 54.2 Å². The summed E-state index contributed by atoms with van der Waals surface area (Å²) in [5, 5.41) is 5.95. The quantitative estimate of drug-likeness (QED) is 0.664. The molecule has 2 aromatic heterocycles. The van der Waals surface area contributed by atoms with Crippen molar-refractivity contribution in [1.29, 1.82) is 0 Å². The van der Waals surface area contributed by atoms with Crippen LogP contribution in [0.2, 0.25) is 0 Å². The van der Waals surface area contributed by atoms with Crippen molar-refractivity contribution in [2.75, 3.05) is 7.11 Å². The zero-order valence-corrected chi connectivity index (χ0v) is 15.5. The van der Waals surface area contributed by atoms with Crippen molar-refractivity contribution in [3.8, 4) is 5.75 Å². The molecule has 0 saturated carbocycles. The molecule has 1 amide bonds. The van der Waals surface area contributed by atoms with Crippen molar-refractivity contribution in [2.45, 2.75) is 25.8 Å². The van der Waals surface area contributed by atoms with Gasteiger partial charge in [0.15, 0.2) is 0 Å². The smallest absolute Gasteiger partial charge is 0.226 e. The first-order chi connectivity index (χ1) is 12.7. The number of hydrogen-bond donors (Lipinski definition) is 1. The van der Waals surface area contributed by atoms with Crippen LogP contribution in [-0.4, -0.2) is 23.0 Å². The van der Waals surface area contributed by atoms with E-state index in [1.54, 1.807) is 30.8 Å². The summed E-state index contributed by atoms with van der Waals surface area (Å²) in [6, 6.07) is 11.7. The molecule has 0 spiro atoms. The molecule has 3 rings (SSSR count). The minimum atomic E-state index is -0.0215. The second-order valence-electron chi connectivity index (χ2n) is 5.89. The number of ether oxygens (including phenoxy) is 1. The monoisotopic (exact) mass is 367 g/mol. The van der Waals surface area contributed by atoms with Crippen molar-refractivity contribution in [3.05, 3.63) is 76.0 Å². The molecule has 6 heteroatoms. The molecule has 0 aliphatic heterocycles. The number of hydrogen-bond acceptors (Lipinski definition) is 5. The summed E-state index contributed by atoms with van der Waals surface area (Å²) in [4.78, 5) is 20.7. The van der Waals surface area contributed by atoms with Crippen LogP contribution in [0.4, 0.5) is 0 Å². The maximum Gasteiger partial charge on any atom is 0.226 e. The molecule has 2 heterocycles. The van der Waals surface area contributed by atoms with Crippen LogP contribution in [-0.2, 0) is 30.6 Å². The van der Waals surface area contributed by atoms with Crippen molar-refractivity contribution in [3.63, 3.8) is 0 Å². The predicted octanol–water partition coefficient (Wildman–Crippen LogP) is 3.19. The fraction of sp³-hybridized carbons (Fsp3) is 0.250. The minimum Gasteiger partial charge on any atom is -0.497 e. The van der Waals surface area contributed by atoms with E-state index in [4.69, 9.17) is 4.74 Å². The van der Waals surface area contributed by atoms with Crippen LogP contribution < -0.4 is 10.1 Å². The molecule has 0 radical (unpaired) electrons. The lowest BCUT2D eigenvalue weighted by molar-refractivity contribution is -0.120. The van der Waals surface area contributed by atoms with E-state index in [2.05, 4.69) is 15.3 Å². The van der Waals surface area contributed by atoms with Crippen molar-refractivity contribution in [2.24, 2.45) is 0 Å². The van der Waals surface area contributed by atoms with E-state index in [0.29, 0.717) is 13.0 Å². The Balaban J connectivity index is 1.44. The molecule has 3 aromatic rings. The van der Waals surface area contributed by atoms with Gasteiger partial charge in [0.2, 0.25) is 5.91 Å². The number of methoxy groups -OCH3 is 1. The molecule has 1 aromatic carbocycles. The summed E-state index contributed by atoms with van der Waals surface area (Å²) in [7, 11) is 1.63. The number of amides is 1. The molecule has 1 N–H and O–H groups in total. The third-order valence-corrected chi connectivity index (χ3v) is 4.92. The van der Waals surface area contributed by atoms with Gasteiger partial charge in [-0.25, -0.2) is 4.98 Å². The highest BCUT2D eigenvalue weighted by atomic mass is 32.1. The summed E-state index contributed by atoms with van der Waals surface area (Å²) in [5.74, 6) is 0.786. The van der Waals surface area contributed by atoms with Crippen molar-refractivity contribution >= 4 is 17.2 Å². The first-order valence-electron chi connectivity index (χ1n) is 8.45. The second kappa shape index (κ2) is 9.10. The number of benzene rings is 1. The number of carbonyl (C=O) groups excluding carboxylic acids is 1. The maximum absolute atomic E-state index is 12.1. The Morgan fingerprint density at radius 1 is 1.08 bits per heavy atom. The van der Waals surface area contributed by atoms with Gasteiger partial charge in [-0.2, -0.15) is 0 Å². The zero-order chi connectivity index (χ0) is 18.2. The number of aryl methyl sites for hydroxylation is 2. The molecule has 0 saturated heterocycles. The first-order valence-corrected chi connectivity index (χ1v) is 9.32. The molecule has 5 nitrogen and oxygen atoms in total. The Morgan fingerprint density at radius 2 is 1.85 bits per heavy atom. The van der Waals surface area contributed by atoms with Crippen LogP contribution >= 0.6 is 11.3 Å². The number of thiazole rings is 1. The van der Waals surface area contributed by atoms with Crippen LogP contribution in [0.3, 0.4) is 0 Å². The van der Waals surface area contributed by atoms with Crippen molar-refractivity contribution < 1.29 is 9.53 Å². The van der Waals surface area contributed by atoms with E-state index in [1.807, 2.05) is 41.8 Å². The van der Waals surface area contributed by atoms with Gasteiger partial charge < -0.3 is 10.1 Å². The van der Waals surface area contributed by atoms with Gasteiger partial charge in [-0.1, -0.05) is 12.1 Å². The standard InChI is InChI=1S/C20H21N3O2S/c1-25-18-5-2-16(3-6-18)13-22-19(24)12-17-14-26-20(23-17)7-4-15-8-10-21-11-9-15/h2-3,5-6,8-11,14H,4,7,12-13H2,1H3,(H,22,24). The number of nitrogens with one attached hydrogen (secondary N) is 1. The SMILES string of the molecule is COc1ccc(CNC(=O)Cc2csc(CCc3ccncc3)n2)cc1. The first kappa shape index (κ1) is 18.1. The van der Waals surface area contributed by atoms with Gasteiger partial charge in [-0.3, -0.25) is 9.78 Å². The van der Waals surface area contributed by atoms with Gasteiger partial charge in [0.05, 0.1) is 24.2 Å². The Hall–Kier alpha value is -2.73. The second-order valence-corrected chi connectivity index (χ2v) is 6.83. The molecule has 26 heavy (non-hydrogen) atoms. The van der Waals surface area contributed by atoms with Crippen LogP contribution in [0.5, 0.6) is 5.75 Å². The average Bonchev–Trinajstić information content (AvgIpc) is 3.13. The highest BCUT2D eigenvalue weighted by Gasteiger charge is 2.08. The third-order valence-electron chi connectivity index (χ3n) is 3.97. The summed E-state index contributed by atoms with van der Waals surface area (Å²) in [6.07, 6.45) is 5.72. The van der Waals surface area contributed by atoms with Crippen LogP contribution in [0.25, 0.3) is 0 Å². The average molecular weight is 367 g/mol. The Morgan fingerprint density at radius 3 is 2.58 bits per heavy atom. The molecule has 134 valence electrons. The number of nitrogens with zero attached hydrogens (tertiary/aromatic N) is 2. The lowest BCUT2D eigenvalue weighted by Gasteiger charge is -2.05. The molecule has 0 atom stereocenters. The summed E-state index contributed by atoms with van der Waals surface area (Å²) in [6.45, 7) is 0.502. The molecule has 0 aliphatic rings. The molecule has 0 unspecified atom stereocenters. The number of rotatable bonds is 8. The maximum atomic E-state index is 12.1. The summed E-state index contributed by atoms with van der Waals surface area (Å²) in [5.41, 5.74) is 3.11. The molecule has 0 aliphatic carbocycles. The fourth-order valence-corrected chi connectivity index (χ4v) is 3.31. The van der Waals surface area contributed by atoms with Crippen LogP contribution in [0.1, 0.15) is 21.8 Å². The lowest BCUT2D eigenvalue weighted by atomic mass is 10.1. The van der Waals surface area contributed by atoms with E-state index in [-0.39, 0.29) is 5.91 Å². The zero-order valence-electron chi connectivity index (χ0n) is 14.6. The van der Waals surface area contributed by atoms with Gasteiger partial charge >= 0.3 is 0 Å². The van der Waals surface area contributed by atoms with E-state index >= 15 is 0 Å². The van der Waals surface area contributed by atoms with Gasteiger partial charge in [-0.05, 0) is 41.8 Å². The molecule has 0 fully saturated rings. The fourth-order valence-electron chi connectivity index (χ4n) is 2.52. The van der Waals surface area contributed by atoms with Gasteiger partial charge in [0.25, 0.3) is 0 Å². The number of pyridine rings is 1. The minimum absolute atomic E-state index is 0.0215. The van der Waals surface area contributed by atoms with E-state index in [9.17, 15) is 4.79 Å². The molecular formula is C20H21N3O2S. The topological polar surface area (TPSA) is 64.1 Å². The third kappa shape index (κ3) is 5.39. The van der Waals surface area contributed by atoms with Crippen molar-refractivity contribution in [1.82, 2.24) is 15.3 Å². The van der Waals surface area contributed by atoms with Crippen LogP contribution in [0, 0.1) is 0 Å². The highest BCUT2D eigenvalue weighted by Crippen LogP contribution is 2.14. The van der Waals surface area contributed by atoms with E-state index < -0.39 is 0 Å². The van der Waals surface area contributed by atoms with Gasteiger partial charge in [-0.15, -0.1) is 11.3 Å². The largest absolute Gasteiger partial charge is 0.497 e. The predicted molar refractivity (Wildman–Crippen MR) is 102 cm³/mol. The number of carbonyl (C=O) groups is 1. The van der Waals surface area contributed by atoms with Gasteiger partial charge in [0.1, 0.15) is 5.75 Å². The summed E-state index contributed by atoms with van der Waals surface area (Å²) >= 11 is 1.61. The van der Waals surface area contributed by atoms with Gasteiger partial charge in [0, 0.05) is 30.7 Å².